The molecule has 5 nitrogen and oxygen atoms in total. The van der Waals surface area contributed by atoms with E-state index in [1.165, 1.54) is 6.40 Å². The van der Waals surface area contributed by atoms with E-state index in [1.54, 1.807) is 10.9 Å². The predicted octanol–water partition coefficient (Wildman–Crippen LogP) is 3.15. The first-order valence-corrected chi connectivity index (χ1v) is 6.46. The number of hydrogen-bond donors (Lipinski definition) is 0. The number of aliphatic imine (C=N–C) groups is 1. The number of nitrogens with zero attached hydrogens (tertiary/aromatic N) is 4. The molecule has 0 saturated heterocycles. The number of ether oxygens (including phenoxy) is 1. The highest BCUT2D eigenvalue weighted by Crippen LogP contribution is 2.22. The second-order valence-corrected chi connectivity index (χ2v) is 4.34. The van der Waals surface area contributed by atoms with Gasteiger partial charge in [-0.2, -0.15) is 10.3 Å². The summed E-state index contributed by atoms with van der Waals surface area (Å²) in [6, 6.07) is 9.53. The van der Waals surface area contributed by atoms with Crippen LogP contribution in [0.1, 0.15) is 18.2 Å². The average molecular weight is 289 g/mol. The molecule has 0 aliphatic carbocycles. The zero-order valence-electron chi connectivity index (χ0n) is 11.0. The molecule has 0 unspecified atom stereocenters. The number of benzene rings is 1. The average Bonchev–Trinajstić information content (AvgIpc) is 2.84. The van der Waals surface area contributed by atoms with Gasteiger partial charge in [-0.05, 0) is 18.6 Å². The molecule has 0 saturated carbocycles. The Labute approximate surface area is 122 Å². The third kappa shape index (κ3) is 3.16. The Kier molecular flexibility index (Phi) is 4.75. The molecule has 2 rings (SSSR count). The van der Waals surface area contributed by atoms with E-state index in [1.807, 2.05) is 37.3 Å². The Hall–Kier alpha value is -2.32. The van der Waals surface area contributed by atoms with Gasteiger partial charge in [0.15, 0.2) is 17.9 Å². The lowest BCUT2D eigenvalue weighted by atomic mass is 10.2. The van der Waals surface area contributed by atoms with Gasteiger partial charge < -0.3 is 9.30 Å². The molecular formula is C14H13ClN4O. The maximum absolute atomic E-state index is 9.04. The molecule has 1 heterocycles. The summed E-state index contributed by atoms with van der Waals surface area (Å²) in [7, 11) is 0. The third-order valence-corrected chi connectivity index (χ3v) is 3.00. The summed E-state index contributed by atoms with van der Waals surface area (Å²) in [5.41, 5.74) is 1.19. The molecule has 1 aromatic carbocycles. The van der Waals surface area contributed by atoms with Crippen LogP contribution in [0.15, 0.2) is 35.6 Å². The highest BCUT2D eigenvalue weighted by molar-refractivity contribution is 6.31. The molecule has 0 radical (unpaired) electrons. The van der Waals surface area contributed by atoms with E-state index in [0.29, 0.717) is 24.0 Å². The van der Waals surface area contributed by atoms with Crippen LogP contribution in [0.2, 0.25) is 5.02 Å². The molecule has 0 atom stereocenters. The van der Waals surface area contributed by atoms with Crippen LogP contribution in [0.3, 0.4) is 0 Å². The van der Waals surface area contributed by atoms with Crippen molar-refractivity contribution in [1.29, 1.82) is 5.26 Å². The molecule has 2 aromatic rings. The lowest BCUT2D eigenvalue weighted by Gasteiger charge is -2.06. The first-order chi connectivity index (χ1) is 9.76. The molecule has 0 aliphatic rings. The van der Waals surface area contributed by atoms with Crippen LogP contribution in [0.5, 0.6) is 0 Å². The van der Waals surface area contributed by atoms with Crippen LogP contribution >= 0.6 is 11.6 Å². The van der Waals surface area contributed by atoms with Gasteiger partial charge in [-0.1, -0.05) is 29.8 Å². The maximum Gasteiger partial charge on any atom is 0.185 e. The molecule has 102 valence electrons. The molecule has 0 amide bonds. The molecule has 0 fully saturated rings. The first-order valence-electron chi connectivity index (χ1n) is 6.09. The molecule has 0 spiro atoms. The van der Waals surface area contributed by atoms with Crippen LogP contribution in [0.25, 0.3) is 0 Å². The van der Waals surface area contributed by atoms with E-state index >= 15 is 0 Å². The van der Waals surface area contributed by atoms with Crippen molar-refractivity contribution in [2.75, 3.05) is 6.61 Å². The SMILES string of the molecule is CCOC=Nc1c(C#N)ncn1Cc1ccccc1Cl. The van der Waals surface area contributed by atoms with Crippen molar-refractivity contribution < 1.29 is 4.74 Å². The van der Waals surface area contributed by atoms with Crippen LogP contribution in [-0.4, -0.2) is 22.6 Å². The van der Waals surface area contributed by atoms with Gasteiger partial charge in [0.2, 0.25) is 0 Å². The van der Waals surface area contributed by atoms with Crippen molar-refractivity contribution in [3.05, 3.63) is 46.9 Å². The second kappa shape index (κ2) is 6.73. The Balaban J connectivity index is 2.31. The Morgan fingerprint density at radius 2 is 2.30 bits per heavy atom. The van der Waals surface area contributed by atoms with Crippen molar-refractivity contribution in [2.24, 2.45) is 4.99 Å². The van der Waals surface area contributed by atoms with Crippen LogP contribution in [0.4, 0.5) is 5.82 Å². The molecule has 0 N–H and O–H groups in total. The van der Waals surface area contributed by atoms with Gasteiger partial charge in [0.1, 0.15) is 6.07 Å². The number of rotatable bonds is 5. The minimum absolute atomic E-state index is 0.257. The van der Waals surface area contributed by atoms with Crippen molar-refractivity contribution in [2.45, 2.75) is 13.5 Å². The topological polar surface area (TPSA) is 63.2 Å². The monoisotopic (exact) mass is 288 g/mol. The molecule has 6 heteroatoms. The normalized spacial score (nSPS) is 10.7. The lowest BCUT2D eigenvalue weighted by Crippen LogP contribution is -1.99. The van der Waals surface area contributed by atoms with Crippen LogP contribution < -0.4 is 0 Å². The number of halogens is 1. The lowest BCUT2D eigenvalue weighted by molar-refractivity contribution is 0.343. The van der Waals surface area contributed by atoms with E-state index in [0.717, 1.165) is 5.56 Å². The van der Waals surface area contributed by atoms with Gasteiger partial charge >= 0.3 is 0 Å². The number of nitriles is 1. The predicted molar refractivity (Wildman–Crippen MR) is 77.3 cm³/mol. The highest BCUT2D eigenvalue weighted by Gasteiger charge is 2.10. The van der Waals surface area contributed by atoms with E-state index in [2.05, 4.69) is 9.98 Å². The van der Waals surface area contributed by atoms with Gasteiger partial charge in [0.05, 0.1) is 19.5 Å². The Morgan fingerprint density at radius 3 is 3.00 bits per heavy atom. The molecule has 0 bridgehead atoms. The molecule has 20 heavy (non-hydrogen) atoms. The summed E-state index contributed by atoms with van der Waals surface area (Å²) in [6.45, 7) is 2.87. The summed E-state index contributed by atoms with van der Waals surface area (Å²) in [4.78, 5) is 8.17. The van der Waals surface area contributed by atoms with Crippen molar-refractivity contribution in [3.63, 3.8) is 0 Å². The number of imidazole rings is 1. The molecule has 1 aromatic heterocycles. The fraction of sp³-hybridized carbons (Fsp3) is 0.214. The maximum atomic E-state index is 9.04. The molecule has 0 aliphatic heterocycles. The summed E-state index contributed by atoms with van der Waals surface area (Å²) >= 11 is 6.13. The van der Waals surface area contributed by atoms with Crippen molar-refractivity contribution >= 4 is 23.8 Å². The standard InChI is InChI=1S/C14H13ClN4O/c1-2-20-10-18-14-13(7-16)17-9-19(14)8-11-5-3-4-6-12(11)15/h3-6,9-10H,2,8H2,1H3. The smallest absolute Gasteiger partial charge is 0.185 e. The van der Waals surface area contributed by atoms with Gasteiger partial charge in [-0.3, -0.25) is 0 Å². The van der Waals surface area contributed by atoms with E-state index in [-0.39, 0.29) is 5.69 Å². The van der Waals surface area contributed by atoms with Gasteiger partial charge in [-0.25, -0.2) is 4.98 Å². The summed E-state index contributed by atoms with van der Waals surface area (Å²) in [5, 5.41) is 9.71. The van der Waals surface area contributed by atoms with Crippen LogP contribution in [-0.2, 0) is 11.3 Å². The Morgan fingerprint density at radius 1 is 1.50 bits per heavy atom. The van der Waals surface area contributed by atoms with Gasteiger partial charge in [0.25, 0.3) is 0 Å². The quantitative estimate of drug-likeness (QED) is 0.627. The minimum atomic E-state index is 0.257. The Bertz CT molecular complexity index is 657. The van der Waals surface area contributed by atoms with Crippen molar-refractivity contribution in [3.8, 4) is 6.07 Å². The zero-order valence-corrected chi connectivity index (χ0v) is 11.7. The summed E-state index contributed by atoms with van der Waals surface area (Å²) in [6.07, 6.45) is 2.89. The van der Waals surface area contributed by atoms with Crippen LogP contribution in [0, 0.1) is 11.3 Å². The zero-order chi connectivity index (χ0) is 14.4. The number of aromatic nitrogens is 2. The fourth-order valence-corrected chi connectivity index (χ4v) is 1.87. The first kappa shape index (κ1) is 14.1. The summed E-state index contributed by atoms with van der Waals surface area (Å²) < 4.78 is 6.83. The van der Waals surface area contributed by atoms with Gasteiger partial charge in [0, 0.05) is 5.02 Å². The van der Waals surface area contributed by atoms with Crippen molar-refractivity contribution in [1.82, 2.24) is 9.55 Å². The van der Waals surface area contributed by atoms with E-state index in [4.69, 9.17) is 21.6 Å². The number of hydrogen-bond acceptors (Lipinski definition) is 4. The molecular weight excluding hydrogens is 276 g/mol. The summed E-state index contributed by atoms with van der Waals surface area (Å²) in [5.74, 6) is 0.459. The highest BCUT2D eigenvalue weighted by atomic mass is 35.5. The largest absolute Gasteiger partial charge is 0.483 e. The van der Waals surface area contributed by atoms with E-state index < -0.39 is 0 Å². The van der Waals surface area contributed by atoms with E-state index in [9.17, 15) is 0 Å². The fourth-order valence-electron chi connectivity index (χ4n) is 1.68. The second-order valence-electron chi connectivity index (χ2n) is 3.94. The minimum Gasteiger partial charge on any atom is -0.483 e. The van der Waals surface area contributed by atoms with Gasteiger partial charge in [-0.15, -0.1) is 0 Å². The third-order valence-electron chi connectivity index (χ3n) is 2.63.